The van der Waals surface area contributed by atoms with Crippen molar-refractivity contribution in [3.63, 3.8) is 0 Å². The number of aromatic hydroxyl groups is 1. The van der Waals surface area contributed by atoms with Gasteiger partial charge in [0.2, 0.25) is 5.91 Å². The van der Waals surface area contributed by atoms with Crippen LogP contribution in [0.2, 0.25) is 0 Å². The Morgan fingerprint density at radius 2 is 2.16 bits per heavy atom. The maximum Gasteiger partial charge on any atom is 0.318 e. The molecule has 6 nitrogen and oxygen atoms in total. The summed E-state index contributed by atoms with van der Waals surface area (Å²) in [5.41, 5.74) is 0.739. The normalized spacial score (nSPS) is 21.9. The predicted octanol–water partition coefficient (Wildman–Crippen LogP) is 0.403. The molecule has 19 heavy (non-hydrogen) atoms. The minimum atomic E-state index is -0.862. The van der Waals surface area contributed by atoms with Gasteiger partial charge in [0.05, 0.1) is 14.2 Å². The number of carbonyl (C=O) groups excluding carboxylic acids is 2. The van der Waals surface area contributed by atoms with Crippen molar-refractivity contribution < 1.29 is 24.2 Å². The third-order valence-electron chi connectivity index (χ3n) is 3.27. The van der Waals surface area contributed by atoms with Crippen LogP contribution in [0.5, 0.6) is 11.5 Å². The van der Waals surface area contributed by atoms with Crippen LogP contribution < -0.4 is 10.1 Å². The minimum Gasteiger partial charge on any atom is -0.504 e. The molecule has 0 radical (unpaired) electrons. The van der Waals surface area contributed by atoms with E-state index in [0.717, 1.165) is 5.56 Å². The minimum absolute atomic E-state index is 0.0122. The Hall–Kier alpha value is -2.24. The van der Waals surface area contributed by atoms with E-state index in [2.05, 4.69) is 10.1 Å². The molecule has 0 bridgehead atoms. The topological polar surface area (TPSA) is 84.9 Å². The molecule has 1 aromatic carbocycles. The van der Waals surface area contributed by atoms with Gasteiger partial charge in [-0.25, -0.2) is 0 Å². The quantitative estimate of drug-likeness (QED) is 0.610. The van der Waals surface area contributed by atoms with Crippen molar-refractivity contribution in [3.05, 3.63) is 23.8 Å². The SMILES string of the molecule is COC(=O)C1C(=O)NCC1c1ccc(O)c(OC)c1. The lowest BCUT2D eigenvalue weighted by atomic mass is 9.88. The summed E-state index contributed by atoms with van der Waals surface area (Å²) < 4.78 is 9.68. The molecular weight excluding hydrogens is 250 g/mol. The van der Waals surface area contributed by atoms with Crippen molar-refractivity contribution in [1.82, 2.24) is 5.32 Å². The highest BCUT2D eigenvalue weighted by Gasteiger charge is 2.42. The molecule has 2 rings (SSSR count). The van der Waals surface area contributed by atoms with Crippen molar-refractivity contribution in [1.29, 1.82) is 0 Å². The van der Waals surface area contributed by atoms with E-state index < -0.39 is 11.9 Å². The van der Waals surface area contributed by atoms with E-state index in [1.165, 1.54) is 20.3 Å². The number of methoxy groups -OCH3 is 2. The van der Waals surface area contributed by atoms with Crippen molar-refractivity contribution in [3.8, 4) is 11.5 Å². The zero-order valence-corrected chi connectivity index (χ0v) is 10.7. The molecule has 2 N–H and O–H groups in total. The Labute approximate surface area is 110 Å². The Morgan fingerprint density at radius 1 is 1.42 bits per heavy atom. The number of amides is 1. The van der Waals surface area contributed by atoms with Gasteiger partial charge in [-0.15, -0.1) is 0 Å². The standard InChI is InChI=1S/C13H15NO5/c1-18-10-5-7(3-4-9(10)15)8-6-14-12(16)11(8)13(17)19-2/h3-5,8,11,15H,6H2,1-2H3,(H,14,16). The first kappa shape index (κ1) is 13.2. The van der Waals surface area contributed by atoms with Crippen molar-refractivity contribution in [2.75, 3.05) is 20.8 Å². The maximum atomic E-state index is 11.7. The molecule has 0 saturated carbocycles. The van der Waals surface area contributed by atoms with Crippen LogP contribution in [0.25, 0.3) is 0 Å². The molecule has 1 amide bonds. The highest BCUT2D eigenvalue weighted by Crippen LogP contribution is 2.35. The lowest BCUT2D eigenvalue weighted by Gasteiger charge is -2.16. The smallest absolute Gasteiger partial charge is 0.318 e. The molecular formula is C13H15NO5. The maximum absolute atomic E-state index is 11.7. The zero-order valence-electron chi connectivity index (χ0n) is 10.7. The molecule has 102 valence electrons. The summed E-state index contributed by atoms with van der Waals surface area (Å²) in [7, 11) is 2.69. The number of phenols is 1. The van der Waals surface area contributed by atoms with Gasteiger partial charge >= 0.3 is 5.97 Å². The summed E-state index contributed by atoms with van der Waals surface area (Å²) in [6.45, 7) is 0.354. The van der Waals surface area contributed by atoms with Crippen molar-refractivity contribution >= 4 is 11.9 Å². The van der Waals surface area contributed by atoms with Crippen LogP contribution in [0.3, 0.4) is 0 Å². The van der Waals surface area contributed by atoms with Gasteiger partial charge in [0, 0.05) is 12.5 Å². The average molecular weight is 265 g/mol. The number of esters is 1. The predicted molar refractivity (Wildman–Crippen MR) is 65.9 cm³/mol. The second-order valence-corrected chi connectivity index (χ2v) is 4.28. The van der Waals surface area contributed by atoms with Crippen molar-refractivity contribution in [2.45, 2.75) is 5.92 Å². The molecule has 1 aliphatic heterocycles. The highest BCUT2D eigenvalue weighted by atomic mass is 16.5. The largest absolute Gasteiger partial charge is 0.504 e. The second kappa shape index (κ2) is 5.17. The van der Waals surface area contributed by atoms with Gasteiger partial charge in [-0.2, -0.15) is 0 Å². The molecule has 1 aromatic rings. The van der Waals surface area contributed by atoms with Crippen molar-refractivity contribution in [2.24, 2.45) is 5.92 Å². The van der Waals surface area contributed by atoms with E-state index in [-0.39, 0.29) is 17.6 Å². The van der Waals surface area contributed by atoms with E-state index >= 15 is 0 Å². The number of carbonyl (C=O) groups is 2. The fraction of sp³-hybridized carbons (Fsp3) is 0.385. The van der Waals surface area contributed by atoms with E-state index in [0.29, 0.717) is 12.3 Å². The number of phenolic OH excluding ortho intramolecular Hbond substituents is 1. The van der Waals surface area contributed by atoms with Crippen LogP contribution in [0, 0.1) is 5.92 Å². The Kier molecular flexibility index (Phi) is 3.59. The molecule has 1 fully saturated rings. The van der Waals surface area contributed by atoms with Gasteiger partial charge in [0.15, 0.2) is 11.5 Å². The van der Waals surface area contributed by atoms with Crippen LogP contribution in [0.4, 0.5) is 0 Å². The van der Waals surface area contributed by atoms with E-state index in [4.69, 9.17) is 4.74 Å². The average Bonchev–Trinajstić information content (AvgIpc) is 2.80. The molecule has 0 aromatic heterocycles. The second-order valence-electron chi connectivity index (χ2n) is 4.28. The van der Waals surface area contributed by atoms with E-state index in [9.17, 15) is 14.7 Å². The summed E-state index contributed by atoms with van der Waals surface area (Å²) in [5.74, 6) is -1.77. The Balaban J connectivity index is 2.35. The number of benzene rings is 1. The molecule has 1 saturated heterocycles. The Morgan fingerprint density at radius 3 is 2.79 bits per heavy atom. The Bertz CT molecular complexity index is 514. The number of rotatable bonds is 3. The first-order chi connectivity index (χ1) is 9.08. The molecule has 0 aliphatic carbocycles. The summed E-state index contributed by atoms with van der Waals surface area (Å²) in [6.07, 6.45) is 0. The van der Waals surface area contributed by atoms with Gasteiger partial charge in [0.25, 0.3) is 0 Å². The third-order valence-corrected chi connectivity index (χ3v) is 3.27. The van der Waals surface area contributed by atoms with Crippen LogP contribution in [-0.4, -0.2) is 37.7 Å². The summed E-state index contributed by atoms with van der Waals surface area (Å²) in [5, 5.41) is 12.2. The summed E-state index contributed by atoms with van der Waals surface area (Å²) in [6, 6.07) is 4.76. The van der Waals surface area contributed by atoms with Gasteiger partial charge in [-0.1, -0.05) is 6.07 Å². The van der Waals surface area contributed by atoms with Crippen LogP contribution in [0.1, 0.15) is 11.5 Å². The van der Waals surface area contributed by atoms with Gasteiger partial charge < -0.3 is 19.9 Å². The first-order valence-corrected chi connectivity index (χ1v) is 5.81. The first-order valence-electron chi connectivity index (χ1n) is 5.81. The van der Waals surface area contributed by atoms with E-state index in [1.54, 1.807) is 12.1 Å². The zero-order chi connectivity index (χ0) is 14.0. The molecule has 0 spiro atoms. The van der Waals surface area contributed by atoms with Crippen LogP contribution >= 0.6 is 0 Å². The van der Waals surface area contributed by atoms with Crippen LogP contribution in [0.15, 0.2) is 18.2 Å². The fourth-order valence-corrected chi connectivity index (χ4v) is 2.25. The van der Waals surface area contributed by atoms with Gasteiger partial charge in [-0.05, 0) is 17.7 Å². The number of hydrogen-bond acceptors (Lipinski definition) is 5. The number of ether oxygens (including phenoxy) is 2. The summed E-state index contributed by atoms with van der Waals surface area (Å²) >= 11 is 0. The highest BCUT2D eigenvalue weighted by molar-refractivity contribution is 6.00. The molecule has 6 heteroatoms. The molecule has 1 aliphatic rings. The van der Waals surface area contributed by atoms with E-state index in [1.807, 2.05) is 0 Å². The van der Waals surface area contributed by atoms with Crippen LogP contribution in [-0.2, 0) is 14.3 Å². The number of hydrogen-bond donors (Lipinski definition) is 2. The lowest BCUT2D eigenvalue weighted by molar-refractivity contribution is -0.149. The molecule has 2 unspecified atom stereocenters. The summed E-state index contributed by atoms with van der Waals surface area (Å²) in [4.78, 5) is 23.4. The molecule has 1 heterocycles. The fourth-order valence-electron chi connectivity index (χ4n) is 2.25. The van der Waals surface area contributed by atoms with Gasteiger partial charge in [0.1, 0.15) is 5.92 Å². The number of nitrogens with one attached hydrogen (secondary N) is 1. The third kappa shape index (κ3) is 2.33. The lowest BCUT2D eigenvalue weighted by Crippen LogP contribution is -2.28. The monoisotopic (exact) mass is 265 g/mol. The molecule has 2 atom stereocenters. The van der Waals surface area contributed by atoms with Gasteiger partial charge in [-0.3, -0.25) is 9.59 Å².